The number of carbonyl (C=O) groups excluding carboxylic acids is 1. The number of aromatic nitrogens is 1. The number of rotatable bonds is 9. The molecule has 0 saturated heterocycles. The van der Waals surface area contributed by atoms with Crippen molar-refractivity contribution < 1.29 is 13.2 Å². The third kappa shape index (κ3) is 6.23. The van der Waals surface area contributed by atoms with E-state index in [1.165, 1.54) is 0 Å². The van der Waals surface area contributed by atoms with Gasteiger partial charge in [-0.1, -0.05) is 48.5 Å². The summed E-state index contributed by atoms with van der Waals surface area (Å²) < 4.78 is 28.0. The number of pyridine rings is 1. The summed E-state index contributed by atoms with van der Waals surface area (Å²) in [5.74, 6) is -0.0734. The lowest BCUT2D eigenvalue weighted by atomic mass is 10.1. The van der Waals surface area contributed by atoms with Crippen LogP contribution in [0.15, 0.2) is 83.9 Å². The van der Waals surface area contributed by atoms with E-state index >= 15 is 0 Å². The van der Waals surface area contributed by atoms with Gasteiger partial charge in [-0.25, -0.2) is 13.1 Å². The second kappa shape index (κ2) is 10.1. The Morgan fingerprint density at radius 3 is 2.33 bits per heavy atom. The van der Waals surface area contributed by atoms with Gasteiger partial charge in [-0.2, -0.15) is 0 Å². The van der Waals surface area contributed by atoms with E-state index in [-0.39, 0.29) is 16.8 Å². The molecule has 6 nitrogen and oxygen atoms in total. The molecule has 0 bridgehead atoms. The molecule has 30 heavy (non-hydrogen) atoms. The predicted molar refractivity (Wildman–Crippen MR) is 116 cm³/mol. The molecule has 3 rings (SSSR count). The third-order valence-electron chi connectivity index (χ3n) is 4.70. The summed E-state index contributed by atoms with van der Waals surface area (Å²) >= 11 is 0. The lowest BCUT2D eigenvalue weighted by Crippen LogP contribution is -2.26. The molecule has 0 aliphatic heterocycles. The van der Waals surface area contributed by atoms with Crippen molar-refractivity contribution in [2.75, 3.05) is 0 Å². The fourth-order valence-electron chi connectivity index (χ4n) is 2.98. The van der Waals surface area contributed by atoms with E-state index in [1.807, 2.05) is 55.5 Å². The van der Waals surface area contributed by atoms with Crippen LogP contribution in [0.2, 0.25) is 0 Å². The summed E-state index contributed by atoms with van der Waals surface area (Å²) in [5, 5.41) is 2.83. The maximum atomic E-state index is 12.6. The zero-order valence-electron chi connectivity index (χ0n) is 16.8. The van der Waals surface area contributed by atoms with Gasteiger partial charge in [-0.15, -0.1) is 0 Å². The molecule has 1 unspecified atom stereocenters. The summed E-state index contributed by atoms with van der Waals surface area (Å²) in [6.07, 6.45) is 2.54. The molecule has 1 aromatic heterocycles. The minimum atomic E-state index is -3.63. The van der Waals surface area contributed by atoms with Crippen molar-refractivity contribution >= 4 is 15.9 Å². The average molecular weight is 424 g/mol. The van der Waals surface area contributed by atoms with Gasteiger partial charge < -0.3 is 5.32 Å². The number of nitrogens with zero attached hydrogens (tertiary/aromatic N) is 1. The van der Waals surface area contributed by atoms with E-state index < -0.39 is 10.0 Å². The van der Waals surface area contributed by atoms with E-state index in [4.69, 9.17) is 0 Å². The van der Waals surface area contributed by atoms with Gasteiger partial charge in [-0.05, 0) is 48.7 Å². The van der Waals surface area contributed by atoms with Crippen LogP contribution in [0.5, 0.6) is 0 Å². The first-order valence-corrected chi connectivity index (χ1v) is 11.3. The van der Waals surface area contributed by atoms with Gasteiger partial charge in [0.1, 0.15) is 0 Å². The number of sulfonamides is 1. The molecule has 156 valence electrons. The highest BCUT2D eigenvalue weighted by Gasteiger charge is 2.18. The van der Waals surface area contributed by atoms with Gasteiger partial charge in [-0.3, -0.25) is 9.78 Å². The zero-order chi connectivity index (χ0) is 21.4. The molecule has 0 spiro atoms. The van der Waals surface area contributed by atoms with Gasteiger partial charge in [0.2, 0.25) is 15.9 Å². The van der Waals surface area contributed by atoms with Crippen molar-refractivity contribution in [3.05, 3.63) is 95.8 Å². The number of aryl methyl sites for hydroxylation is 1. The minimum absolute atomic E-state index is 0.0734. The van der Waals surface area contributed by atoms with Crippen molar-refractivity contribution in [1.82, 2.24) is 15.0 Å². The number of carbonyl (C=O) groups is 1. The van der Waals surface area contributed by atoms with Gasteiger partial charge in [0.25, 0.3) is 0 Å². The number of benzene rings is 2. The fourth-order valence-corrected chi connectivity index (χ4v) is 4.22. The first-order valence-electron chi connectivity index (χ1n) is 9.77. The topological polar surface area (TPSA) is 88.2 Å². The Balaban J connectivity index is 1.52. The van der Waals surface area contributed by atoms with E-state index in [1.54, 1.807) is 30.5 Å². The smallest absolute Gasteiger partial charge is 0.241 e. The van der Waals surface area contributed by atoms with Crippen LogP contribution in [-0.2, 0) is 27.8 Å². The first-order chi connectivity index (χ1) is 14.4. The SMILES string of the molecule is CC(NS(=O)(=O)c1ccc(CCC(=O)NCc2ccccn2)cc1)c1ccccc1. The Morgan fingerprint density at radius 1 is 0.967 bits per heavy atom. The van der Waals surface area contributed by atoms with Crippen LogP contribution in [0, 0.1) is 0 Å². The van der Waals surface area contributed by atoms with Crippen LogP contribution in [0.1, 0.15) is 36.2 Å². The van der Waals surface area contributed by atoms with Gasteiger partial charge in [0.05, 0.1) is 17.1 Å². The monoisotopic (exact) mass is 423 g/mol. The molecule has 1 atom stereocenters. The molecule has 0 radical (unpaired) electrons. The third-order valence-corrected chi connectivity index (χ3v) is 6.26. The number of amides is 1. The van der Waals surface area contributed by atoms with Crippen molar-refractivity contribution in [3.63, 3.8) is 0 Å². The molecule has 1 amide bonds. The van der Waals surface area contributed by atoms with E-state index in [0.29, 0.717) is 19.4 Å². The standard InChI is InChI=1S/C23H25N3O3S/c1-18(20-7-3-2-4-8-20)26-30(28,29)22-13-10-19(11-14-22)12-15-23(27)25-17-21-9-5-6-16-24-21/h2-11,13-14,16,18,26H,12,15,17H2,1H3,(H,25,27). The van der Waals surface area contributed by atoms with Crippen LogP contribution < -0.4 is 10.0 Å². The maximum Gasteiger partial charge on any atom is 0.241 e. The predicted octanol–water partition coefficient (Wildman–Crippen LogP) is 3.37. The van der Waals surface area contributed by atoms with Crippen LogP contribution in [0.4, 0.5) is 0 Å². The van der Waals surface area contributed by atoms with E-state index in [9.17, 15) is 13.2 Å². The summed E-state index contributed by atoms with van der Waals surface area (Å²) in [7, 11) is -3.63. The first kappa shape index (κ1) is 21.7. The molecular weight excluding hydrogens is 398 g/mol. The quantitative estimate of drug-likeness (QED) is 0.552. The van der Waals surface area contributed by atoms with E-state index in [2.05, 4.69) is 15.0 Å². The molecule has 3 aromatic rings. The zero-order valence-corrected chi connectivity index (χ0v) is 17.6. The highest BCUT2D eigenvalue weighted by molar-refractivity contribution is 7.89. The van der Waals surface area contributed by atoms with E-state index in [0.717, 1.165) is 16.8 Å². The van der Waals surface area contributed by atoms with Gasteiger partial charge in [0.15, 0.2) is 0 Å². The average Bonchev–Trinajstić information content (AvgIpc) is 2.77. The second-order valence-electron chi connectivity index (χ2n) is 7.00. The molecular formula is C23H25N3O3S. The largest absolute Gasteiger partial charge is 0.350 e. The van der Waals surface area contributed by atoms with Crippen molar-refractivity contribution in [2.45, 2.75) is 37.2 Å². The Kier molecular flexibility index (Phi) is 7.32. The van der Waals surface area contributed by atoms with Gasteiger partial charge >= 0.3 is 0 Å². The highest BCUT2D eigenvalue weighted by atomic mass is 32.2. The normalized spacial score (nSPS) is 12.3. The van der Waals surface area contributed by atoms with Crippen LogP contribution >= 0.6 is 0 Å². The maximum absolute atomic E-state index is 12.6. The molecule has 0 fully saturated rings. The Morgan fingerprint density at radius 2 is 1.67 bits per heavy atom. The van der Waals surface area contributed by atoms with Crippen LogP contribution in [0.3, 0.4) is 0 Å². The minimum Gasteiger partial charge on any atom is -0.350 e. The fraction of sp³-hybridized carbons (Fsp3) is 0.217. The molecule has 2 aromatic carbocycles. The number of hydrogen-bond donors (Lipinski definition) is 2. The lowest BCUT2D eigenvalue weighted by Gasteiger charge is -2.15. The molecule has 0 aliphatic carbocycles. The van der Waals surface area contributed by atoms with Crippen LogP contribution in [-0.4, -0.2) is 19.3 Å². The molecule has 0 saturated carbocycles. The van der Waals surface area contributed by atoms with Crippen molar-refractivity contribution in [1.29, 1.82) is 0 Å². The number of nitrogens with one attached hydrogen (secondary N) is 2. The molecule has 7 heteroatoms. The van der Waals surface area contributed by atoms with Crippen molar-refractivity contribution in [3.8, 4) is 0 Å². The molecule has 2 N–H and O–H groups in total. The Labute approximate surface area is 177 Å². The Bertz CT molecular complexity index is 1050. The molecule has 1 heterocycles. The van der Waals surface area contributed by atoms with Crippen molar-refractivity contribution in [2.24, 2.45) is 0 Å². The summed E-state index contributed by atoms with van der Waals surface area (Å²) in [6.45, 7) is 2.20. The summed E-state index contributed by atoms with van der Waals surface area (Å²) in [6, 6.07) is 21.3. The second-order valence-corrected chi connectivity index (χ2v) is 8.71. The highest BCUT2D eigenvalue weighted by Crippen LogP contribution is 2.17. The summed E-state index contributed by atoms with van der Waals surface area (Å²) in [4.78, 5) is 16.4. The molecule has 0 aliphatic rings. The Hall–Kier alpha value is -3.03. The summed E-state index contributed by atoms with van der Waals surface area (Å²) in [5.41, 5.74) is 2.60. The lowest BCUT2D eigenvalue weighted by molar-refractivity contribution is -0.121. The number of hydrogen-bond acceptors (Lipinski definition) is 4. The van der Waals surface area contributed by atoms with Crippen LogP contribution in [0.25, 0.3) is 0 Å². The van der Waals surface area contributed by atoms with Gasteiger partial charge in [0, 0.05) is 18.7 Å².